The number of thiophene rings is 1. The standard InChI is InChI=1S/C17H20N2O2S/c1-17(21)9-10-18-14(13-8-5-11-22-13)15(17)19-16(20)12-6-3-2-4-7-12/h2-8,11,14-15,18,21H,9-10H2,1H3,(H,19,20). The minimum atomic E-state index is -0.940. The van der Waals surface area contributed by atoms with E-state index in [-0.39, 0.29) is 18.0 Å². The Morgan fingerprint density at radius 1 is 1.32 bits per heavy atom. The number of hydrogen-bond donors (Lipinski definition) is 3. The third-order valence-electron chi connectivity index (χ3n) is 4.17. The molecule has 1 amide bonds. The lowest BCUT2D eigenvalue weighted by molar-refractivity contribution is -0.0189. The Kier molecular flexibility index (Phi) is 4.29. The Labute approximate surface area is 134 Å². The first kappa shape index (κ1) is 15.2. The van der Waals surface area contributed by atoms with Gasteiger partial charge in [-0.15, -0.1) is 11.3 Å². The largest absolute Gasteiger partial charge is 0.388 e. The van der Waals surface area contributed by atoms with Crippen molar-refractivity contribution < 1.29 is 9.90 Å². The lowest BCUT2D eigenvalue weighted by atomic mass is 9.83. The first-order chi connectivity index (χ1) is 10.6. The smallest absolute Gasteiger partial charge is 0.251 e. The van der Waals surface area contributed by atoms with E-state index in [2.05, 4.69) is 10.6 Å². The molecule has 0 saturated carbocycles. The van der Waals surface area contributed by atoms with Crippen LogP contribution in [0.4, 0.5) is 0 Å². The number of carbonyl (C=O) groups is 1. The van der Waals surface area contributed by atoms with Gasteiger partial charge in [0.2, 0.25) is 0 Å². The van der Waals surface area contributed by atoms with Gasteiger partial charge in [-0.05, 0) is 43.5 Å². The molecular weight excluding hydrogens is 296 g/mol. The number of nitrogens with one attached hydrogen (secondary N) is 2. The molecule has 5 heteroatoms. The summed E-state index contributed by atoms with van der Waals surface area (Å²) in [5.41, 5.74) is -0.335. The first-order valence-corrected chi connectivity index (χ1v) is 8.31. The Balaban J connectivity index is 1.85. The van der Waals surface area contributed by atoms with E-state index < -0.39 is 5.60 Å². The van der Waals surface area contributed by atoms with Crippen molar-refractivity contribution in [1.29, 1.82) is 0 Å². The van der Waals surface area contributed by atoms with E-state index in [1.54, 1.807) is 30.4 Å². The Morgan fingerprint density at radius 2 is 2.09 bits per heavy atom. The van der Waals surface area contributed by atoms with Gasteiger partial charge in [0.05, 0.1) is 17.7 Å². The van der Waals surface area contributed by atoms with Crippen LogP contribution >= 0.6 is 11.3 Å². The summed E-state index contributed by atoms with van der Waals surface area (Å²) in [7, 11) is 0. The van der Waals surface area contributed by atoms with Crippen LogP contribution in [0, 0.1) is 0 Å². The molecule has 3 atom stereocenters. The molecule has 22 heavy (non-hydrogen) atoms. The molecule has 1 saturated heterocycles. The van der Waals surface area contributed by atoms with Gasteiger partial charge in [0.1, 0.15) is 0 Å². The molecule has 3 N–H and O–H groups in total. The zero-order valence-corrected chi connectivity index (χ0v) is 13.3. The van der Waals surface area contributed by atoms with Crippen LogP contribution in [0.15, 0.2) is 47.8 Å². The zero-order valence-electron chi connectivity index (χ0n) is 12.5. The second-order valence-electron chi connectivity index (χ2n) is 5.87. The van der Waals surface area contributed by atoms with Gasteiger partial charge in [-0.1, -0.05) is 24.3 Å². The Bertz CT molecular complexity index is 625. The molecule has 3 unspecified atom stereocenters. The van der Waals surface area contributed by atoms with Crippen LogP contribution in [0.2, 0.25) is 0 Å². The van der Waals surface area contributed by atoms with Gasteiger partial charge in [-0.3, -0.25) is 4.79 Å². The fourth-order valence-corrected chi connectivity index (χ4v) is 3.74. The maximum atomic E-state index is 12.5. The van der Waals surface area contributed by atoms with E-state index >= 15 is 0 Å². The second-order valence-corrected chi connectivity index (χ2v) is 6.85. The van der Waals surface area contributed by atoms with Crippen molar-refractivity contribution in [2.75, 3.05) is 6.54 Å². The average Bonchev–Trinajstić information content (AvgIpc) is 3.04. The van der Waals surface area contributed by atoms with Crippen molar-refractivity contribution in [1.82, 2.24) is 10.6 Å². The summed E-state index contributed by atoms with van der Waals surface area (Å²) in [5.74, 6) is -0.156. The van der Waals surface area contributed by atoms with Gasteiger partial charge >= 0.3 is 0 Å². The van der Waals surface area contributed by atoms with Gasteiger partial charge in [0, 0.05) is 10.4 Å². The van der Waals surface area contributed by atoms with Gasteiger partial charge in [0.15, 0.2) is 0 Å². The molecule has 0 aliphatic carbocycles. The summed E-state index contributed by atoms with van der Waals surface area (Å²) < 4.78 is 0. The molecule has 1 fully saturated rings. The molecule has 116 valence electrons. The molecule has 0 radical (unpaired) electrons. The minimum absolute atomic E-state index is 0.0728. The number of benzene rings is 1. The van der Waals surface area contributed by atoms with Crippen molar-refractivity contribution in [3.63, 3.8) is 0 Å². The van der Waals surface area contributed by atoms with Crippen LogP contribution in [-0.4, -0.2) is 29.2 Å². The Morgan fingerprint density at radius 3 is 2.77 bits per heavy atom. The normalized spacial score (nSPS) is 28.3. The van der Waals surface area contributed by atoms with Gasteiger partial charge in [-0.2, -0.15) is 0 Å². The van der Waals surface area contributed by atoms with Crippen LogP contribution in [0.25, 0.3) is 0 Å². The molecule has 0 spiro atoms. The number of piperidine rings is 1. The number of amides is 1. The average molecular weight is 316 g/mol. The Hall–Kier alpha value is -1.69. The van der Waals surface area contributed by atoms with Crippen molar-refractivity contribution in [2.24, 2.45) is 0 Å². The fraction of sp³-hybridized carbons (Fsp3) is 0.353. The van der Waals surface area contributed by atoms with Crippen LogP contribution in [0.5, 0.6) is 0 Å². The molecule has 1 aromatic heterocycles. The molecule has 2 aromatic rings. The molecular formula is C17H20N2O2S. The molecule has 0 bridgehead atoms. The third-order valence-corrected chi connectivity index (χ3v) is 5.13. The highest BCUT2D eigenvalue weighted by molar-refractivity contribution is 7.10. The SMILES string of the molecule is CC1(O)CCNC(c2cccs2)C1NC(=O)c1ccccc1. The molecule has 4 nitrogen and oxygen atoms in total. The van der Waals surface area contributed by atoms with Crippen LogP contribution < -0.4 is 10.6 Å². The highest BCUT2D eigenvalue weighted by Crippen LogP contribution is 2.33. The molecule has 1 aromatic carbocycles. The molecule has 2 heterocycles. The van der Waals surface area contributed by atoms with E-state index in [1.807, 2.05) is 35.7 Å². The molecule has 1 aliphatic heterocycles. The number of hydrogen-bond acceptors (Lipinski definition) is 4. The summed E-state index contributed by atoms with van der Waals surface area (Å²) in [6, 6.07) is 12.7. The van der Waals surface area contributed by atoms with E-state index in [0.717, 1.165) is 11.4 Å². The highest BCUT2D eigenvalue weighted by Gasteiger charge is 2.42. The zero-order chi connectivity index (χ0) is 15.6. The number of rotatable bonds is 3. The summed E-state index contributed by atoms with van der Waals surface area (Å²) >= 11 is 1.63. The summed E-state index contributed by atoms with van der Waals surface area (Å²) in [4.78, 5) is 13.6. The lowest BCUT2D eigenvalue weighted by Crippen LogP contribution is -2.61. The van der Waals surface area contributed by atoms with E-state index in [4.69, 9.17) is 0 Å². The summed E-state index contributed by atoms with van der Waals surface area (Å²) in [5, 5.41) is 19.2. The van der Waals surface area contributed by atoms with Crippen molar-refractivity contribution >= 4 is 17.2 Å². The molecule has 1 aliphatic rings. The van der Waals surface area contributed by atoms with Crippen molar-refractivity contribution in [3.05, 3.63) is 58.3 Å². The monoisotopic (exact) mass is 316 g/mol. The minimum Gasteiger partial charge on any atom is -0.388 e. The predicted octanol–water partition coefficient (Wildman–Crippen LogP) is 2.33. The van der Waals surface area contributed by atoms with E-state index in [0.29, 0.717) is 12.0 Å². The van der Waals surface area contributed by atoms with Gasteiger partial charge in [-0.25, -0.2) is 0 Å². The maximum Gasteiger partial charge on any atom is 0.251 e. The van der Waals surface area contributed by atoms with Gasteiger partial charge < -0.3 is 15.7 Å². The predicted molar refractivity (Wildman–Crippen MR) is 88.0 cm³/mol. The number of carbonyl (C=O) groups excluding carboxylic acids is 1. The van der Waals surface area contributed by atoms with Crippen LogP contribution in [0.1, 0.15) is 34.6 Å². The first-order valence-electron chi connectivity index (χ1n) is 7.43. The van der Waals surface area contributed by atoms with Crippen molar-refractivity contribution in [2.45, 2.75) is 31.0 Å². The number of aliphatic hydroxyl groups is 1. The lowest BCUT2D eigenvalue weighted by Gasteiger charge is -2.43. The van der Waals surface area contributed by atoms with E-state index in [9.17, 15) is 9.90 Å². The molecule has 3 rings (SSSR count). The quantitative estimate of drug-likeness (QED) is 0.814. The van der Waals surface area contributed by atoms with Crippen LogP contribution in [0.3, 0.4) is 0 Å². The maximum absolute atomic E-state index is 12.5. The second kappa shape index (κ2) is 6.20. The van der Waals surface area contributed by atoms with Gasteiger partial charge in [0.25, 0.3) is 5.91 Å². The van der Waals surface area contributed by atoms with Crippen molar-refractivity contribution in [3.8, 4) is 0 Å². The van der Waals surface area contributed by atoms with E-state index in [1.165, 1.54) is 0 Å². The topological polar surface area (TPSA) is 61.4 Å². The summed E-state index contributed by atoms with van der Waals surface area (Å²) in [6.07, 6.45) is 0.606. The van der Waals surface area contributed by atoms with Crippen LogP contribution in [-0.2, 0) is 0 Å². The third kappa shape index (κ3) is 3.06. The highest BCUT2D eigenvalue weighted by atomic mass is 32.1. The fourth-order valence-electron chi connectivity index (χ4n) is 2.90. The summed E-state index contributed by atoms with van der Waals surface area (Å²) in [6.45, 7) is 2.53.